The van der Waals surface area contributed by atoms with Gasteiger partial charge in [0.2, 0.25) is 5.88 Å². The standard InChI is InChI=1S/C11H7FN4O5/c12-8-3-6(15(17)18)1-2-9(8)21-11-5-7(16(19)20)4-10(13)14-11/h1-5H,(H2,13,14). The van der Waals surface area contributed by atoms with Crippen LogP contribution in [-0.4, -0.2) is 14.8 Å². The minimum atomic E-state index is -1.00. The third-order valence-corrected chi connectivity index (χ3v) is 2.36. The molecule has 21 heavy (non-hydrogen) atoms. The quantitative estimate of drug-likeness (QED) is 0.675. The van der Waals surface area contributed by atoms with Gasteiger partial charge in [-0.2, -0.15) is 4.98 Å². The Labute approximate surface area is 116 Å². The molecule has 0 saturated carbocycles. The molecule has 0 saturated heterocycles. The number of nitrogen functional groups attached to an aromatic ring is 1. The van der Waals surface area contributed by atoms with Gasteiger partial charge in [-0.25, -0.2) is 4.39 Å². The van der Waals surface area contributed by atoms with Crippen LogP contribution in [0.25, 0.3) is 0 Å². The zero-order valence-electron chi connectivity index (χ0n) is 10.2. The lowest BCUT2D eigenvalue weighted by atomic mass is 10.3. The van der Waals surface area contributed by atoms with Crippen molar-refractivity contribution in [1.29, 1.82) is 0 Å². The molecule has 0 aliphatic rings. The van der Waals surface area contributed by atoms with Gasteiger partial charge < -0.3 is 10.5 Å². The van der Waals surface area contributed by atoms with Crippen molar-refractivity contribution in [3.63, 3.8) is 0 Å². The number of rotatable bonds is 4. The number of nitrogens with two attached hydrogens (primary N) is 1. The predicted octanol–water partition coefficient (Wildman–Crippen LogP) is 2.41. The fourth-order valence-corrected chi connectivity index (χ4v) is 1.47. The van der Waals surface area contributed by atoms with Crippen LogP contribution in [0.4, 0.5) is 21.6 Å². The van der Waals surface area contributed by atoms with Gasteiger partial charge in [-0.1, -0.05) is 0 Å². The van der Waals surface area contributed by atoms with Gasteiger partial charge in [0, 0.05) is 6.07 Å². The first kappa shape index (κ1) is 14.1. The Kier molecular flexibility index (Phi) is 3.61. The number of halogens is 1. The number of non-ortho nitro benzene ring substituents is 1. The normalized spacial score (nSPS) is 10.1. The summed E-state index contributed by atoms with van der Waals surface area (Å²) >= 11 is 0. The molecule has 108 valence electrons. The Balaban J connectivity index is 2.34. The van der Waals surface area contributed by atoms with Gasteiger partial charge in [0.05, 0.1) is 28.0 Å². The van der Waals surface area contributed by atoms with Crippen LogP contribution < -0.4 is 10.5 Å². The number of hydrogen-bond donors (Lipinski definition) is 1. The molecular formula is C11H7FN4O5. The number of nitro benzene ring substituents is 1. The van der Waals surface area contributed by atoms with Crippen LogP contribution in [0.3, 0.4) is 0 Å². The second-order valence-electron chi connectivity index (χ2n) is 3.82. The van der Waals surface area contributed by atoms with Crippen molar-refractivity contribution in [1.82, 2.24) is 4.98 Å². The Bertz CT molecular complexity index is 737. The van der Waals surface area contributed by atoms with E-state index in [-0.39, 0.29) is 23.1 Å². The van der Waals surface area contributed by atoms with Crippen LogP contribution in [-0.2, 0) is 0 Å². The minimum Gasteiger partial charge on any atom is -0.436 e. The summed E-state index contributed by atoms with van der Waals surface area (Å²) in [6, 6.07) is 4.68. The largest absolute Gasteiger partial charge is 0.436 e. The maximum Gasteiger partial charge on any atom is 0.278 e. The van der Waals surface area contributed by atoms with E-state index in [0.29, 0.717) is 6.07 Å². The van der Waals surface area contributed by atoms with E-state index in [9.17, 15) is 24.6 Å². The van der Waals surface area contributed by atoms with E-state index in [4.69, 9.17) is 10.5 Å². The van der Waals surface area contributed by atoms with E-state index in [0.717, 1.165) is 24.3 Å². The van der Waals surface area contributed by atoms with Crippen molar-refractivity contribution in [2.75, 3.05) is 5.73 Å². The summed E-state index contributed by atoms with van der Waals surface area (Å²) in [6.07, 6.45) is 0. The number of benzene rings is 1. The monoisotopic (exact) mass is 294 g/mol. The first-order valence-electron chi connectivity index (χ1n) is 5.40. The van der Waals surface area contributed by atoms with Crippen LogP contribution in [0.2, 0.25) is 0 Å². The fourth-order valence-electron chi connectivity index (χ4n) is 1.47. The summed E-state index contributed by atoms with van der Waals surface area (Å²) in [5.41, 5.74) is 4.55. The van der Waals surface area contributed by atoms with Crippen molar-refractivity contribution >= 4 is 17.2 Å². The Hall–Kier alpha value is -3.30. The van der Waals surface area contributed by atoms with Crippen LogP contribution in [0.5, 0.6) is 11.6 Å². The zero-order valence-corrected chi connectivity index (χ0v) is 10.2. The third kappa shape index (κ3) is 3.18. The van der Waals surface area contributed by atoms with Crippen molar-refractivity contribution in [3.05, 3.63) is 56.4 Å². The lowest BCUT2D eigenvalue weighted by Crippen LogP contribution is -1.98. The van der Waals surface area contributed by atoms with Crippen LogP contribution >= 0.6 is 0 Å². The molecular weight excluding hydrogens is 287 g/mol. The Morgan fingerprint density at radius 2 is 1.76 bits per heavy atom. The average Bonchev–Trinajstić information content (AvgIpc) is 2.40. The molecule has 0 bridgehead atoms. The molecule has 0 unspecified atom stereocenters. The molecule has 1 heterocycles. The number of nitrogens with zero attached hydrogens (tertiary/aromatic N) is 3. The highest BCUT2D eigenvalue weighted by molar-refractivity contribution is 5.47. The highest BCUT2D eigenvalue weighted by Crippen LogP contribution is 2.29. The molecule has 9 nitrogen and oxygen atoms in total. The molecule has 1 aromatic heterocycles. The van der Waals surface area contributed by atoms with Gasteiger partial charge in [0.1, 0.15) is 5.82 Å². The van der Waals surface area contributed by atoms with Crippen LogP contribution in [0.1, 0.15) is 0 Å². The number of anilines is 1. The second-order valence-corrected chi connectivity index (χ2v) is 3.82. The van der Waals surface area contributed by atoms with Crippen LogP contribution in [0, 0.1) is 26.0 Å². The predicted molar refractivity (Wildman–Crippen MR) is 68.4 cm³/mol. The van der Waals surface area contributed by atoms with E-state index in [1.54, 1.807) is 0 Å². The molecule has 0 aliphatic carbocycles. The maximum absolute atomic E-state index is 13.6. The maximum atomic E-state index is 13.6. The molecule has 0 fully saturated rings. The van der Waals surface area contributed by atoms with Crippen LogP contribution in [0.15, 0.2) is 30.3 Å². The van der Waals surface area contributed by atoms with Gasteiger partial charge in [0.25, 0.3) is 11.4 Å². The Morgan fingerprint density at radius 3 is 2.33 bits per heavy atom. The summed E-state index contributed by atoms with van der Waals surface area (Å²) in [5.74, 6) is -1.85. The number of aromatic nitrogens is 1. The Morgan fingerprint density at radius 1 is 1.10 bits per heavy atom. The SMILES string of the molecule is Nc1cc([N+](=O)[O-])cc(Oc2ccc([N+](=O)[O-])cc2F)n1. The van der Waals surface area contributed by atoms with Gasteiger partial charge in [-0.3, -0.25) is 20.2 Å². The number of nitro groups is 2. The van der Waals surface area contributed by atoms with Gasteiger partial charge in [-0.15, -0.1) is 0 Å². The lowest BCUT2D eigenvalue weighted by Gasteiger charge is -2.06. The van der Waals surface area contributed by atoms with Crippen molar-refractivity contribution < 1.29 is 19.0 Å². The average molecular weight is 294 g/mol. The van der Waals surface area contributed by atoms with Gasteiger partial charge in [-0.05, 0) is 6.07 Å². The molecule has 0 radical (unpaired) electrons. The summed E-state index contributed by atoms with van der Waals surface area (Å²) < 4.78 is 18.7. The van der Waals surface area contributed by atoms with Crippen molar-refractivity contribution in [2.45, 2.75) is 0 Å². The van der Waals surface area contributed by atoms with E-state index < -0.39 is 21.4 Å². The summed E-state index contributed by atoms with van der Waals surface area (Å²) in [4.78, 5) is 23.3. The fraction of sp³-hybridized carbons (Fsp3) is 0. The summed E-state index contributed by atoms with van der Waals surface area (Å²) in [5, 5.41) is 21.1. The zero-order chi connectivity index (χ0) is 15.6. The summed E-state index contributed by atoms with van der Waals surface area (Å²) in [6.45, 7) is 0. The van der Waals surface area contributed by atoms with E-state index in [2.05, 4.69) is 4.98 Å². The molecule has 0 aliphatic heterocycles. The topological polar surface area (TPSA) is 134 Å². The van der Waals surface area contributed by atoms with Crippen molar-refractivity contribution in [3.8, 4) is 11.6 Å². The van der Waals surface area contributed by atoms with Gasteiger partial charge >= 0.3 is 0 Å². The van der Waals surface area contributed by atoms with E-state index in [1.807, 2.05) is 0 Å². The molecule has 0 spiro atoms. The first-order chi connectivity index (χ1) is 9.86. The highest BCUT2D eigenvalue weighted by atomic mass is 19.1. The molecule has 0 atom stereocenters. The molecule has 2 rings (SSSR count). The van der Waals surface area contributed by atoms with E-state index >= 15 is 0 Å². The molecule has 0 amide bonds. The second kappa shape index (κ2) is 5.36. The number of pyridine rings is 1. The number of hydrogen-bond acceptors (Lipinski definition) is 7. The molecule has 10 heteroatoms. The third-order valence-electron chi connectivity index (χ3n) is 2.36. The smallest absolute Gasteiger partial charge is 0.278 e. The minimum absolute atomic E-state index is 0.179. The number of ether oxygens (including phenoxy) is 1. The van der Waals surface area contributed by atoms with E-state index in [1.165, 1.54) is 0 Å². The van der Waals surface area contributed by atoms with Crippen molar-refractivity contribution in [2.24, 2.45) is 0 Å². The molecule has 2 N–H and O–H groups in total. The molecule has 2 aromatic rings. The lowest BCUT2D eigenvalue weighted by molar-refractivity contribution is -0.385. The first-order valence-corrected chi connectivity index (χ1v) is 5.40. The summed E-state index contributed by atoms with van der Waals surface area (Å²) in [7, 11) is 0. The van der Waals surface area contributed by atoms with Gasteiger partial charge in [0.15, 0.2) is 11.6 Å². The molecule has 1 aromatic carbocycles. The highest BCUT2D eigenvalue weighted by Gasteiger charge is 2.15.